The molecule has 0 bridgehead atoms. The third kappa shape index (κ3) is 4.69. The van der Waals surface area contributed by atoms with Gasteiger partial charge in [-0.15, -0.1) is 0 Å². The van der Waals surface area contributed by atoms with Gasteiger partial charge in [0.1, 0.15) is 11.6 Å². The molecule has 0 spiro atoms. The monoisotopic (exact) mass is 353 g/mol. The highest BCUT2D eigenvalue weighted by molar-refractivity contribution is 5.94. The molecule has 1 fully saturated rings. The second kappa shape index (κ2) is 8.61. The van der Waals surface area contributed by atoms with Crippen molar-refractivity contribution < 1.29 is 9.18 Å². The van der Waals surface area contributed by atoms with E-state index in [1.807, 2.05) is 19.1 Å². The molecule has 0 atom stereocenters. The fraction of sp³-hybridized carbons (Fsp3) is 0.333. The van der Waals surface area contributed by atoms with Crippen LogP contribution >= 0.6 is 0 Å². The third-order valence-electron chi connectivity index (χ3n) is 4.62. The second-order valence-corrected chi connectivity index (χ2v) is 6.59. The largest absolute Gasteiger partial charge is 0.356 e. The van der Waals surface area contributed by atoms with Gasteiger partial charge in [0.05, 0.1) is 0 Å². The summed E-state index contributed by atoms with van der Waals surface area (Å²) in [6.07, 6.45) is 6.98. The first-order valence-corrected chi connectivity index (χ1v) is 9.04. The number of benzene rings is 1. The lowest BCUT2D eigenvalue weighted by Crippen LogP contribution is -2.32. The van der Waals surface area contributed by atoms with Crippen molar-refractivity contribution in [2.45, 2.75) is 32.7 Å². The molecule has 26 heavy (non-hydrogen) atoms. The lowest BCUT2D eigenvalue weighted by Gasteiger charge is -2.29. The van der Waals surface area contributed by atoms with Crippen LogP contribution in [0.2, 0.25) is 0 Å². The molecule has 136 valence electrons. The maximum Gasteiger partial charge on any atom is 0.244 e. The Morgan fingerprint density at radius 2 is 1.92 bits per heavy atom. The Bertz CT molecular complexity index is 780. The molecule has 4 nitrogen and oxygen atoms in total. The number of pyridine rings is 1. The van der Waals surface area contributed by atoms with Crippen LogP contribution in [0.4, 0.5) is 10.2 Å². The van der Waals surface area contributed by atoms with Crippen molar-refractivity contribution in [3.8, 4) is 0 Å². The van der Waals surface area contributed by atoms with Crippen molar-refractivity contribution in [2.24, 2.45) is 0 Å². The van der Waals surface area contributed by atoms with Gasteiger partial charge in [-0.1, -0.05) is 18.2 Å². The molecule has 1 aliphatic rings. The van der Waals surface area contributed by atoms with Gasteiger partial charge in [-0.3, -0.25) is 4.79 Å². The van der Waals surface area contributed by atoms with Crippen LogP contribution in [0.15, 0.2) is 48.7 Å². The molecule has 0 aliphatic carbocycles. The third-order valence-corrected chi connectivity index (χ3v) is 4.62. The number of anilines is 1. The summed E-state index contributed by atoms with van der Waals surface area (Å²) in [6, 6.07) is 10.0. The molecule has 1 aromatic carbocycles. The molecule has 0 radical (unpaired) electrons. The zero-order chi connectivity index (χ0) is 18.4. The van der Waals surface area contributed by atoms with Crippen LogP contribution in [-0.2, 0) is 11.3 Å². The topological polar surface area (TPSA) is 45.2 Å². The van der Waals surface area contributed by atoms with E-state index in [1.54, 1.807) is 24.4 Å². The van der Waals surface area contributed by atoms with Crippen LogP contribution < -0.4 is 10.2 Å². The molecule has 2 aromatic rings. The lowest BCUT2D eigenvalue weighted by atomic mass is 10.1. The number of hydrogen-bond donors (Lipinski definition) is 1. The predicted octanol–water partition coefficient (Wildman–Crippen LogP) is 3.93. The van der Waals surface area contributed by atoms with Crippen molar-refractivity contribution >= 4 is 17.3 Å². The SMILES string of the molecule is C/C(=C\C(=O)NCc1cccnc1N1CCCCC1)c1ccc(F)cc1. The van der Waals surface area contributed by atoms with Gasteiger partial charge in [0, 0.05) is 37.5 Å². The van der Waals surface area contributed by atoms with E-state index < -0.39 is 0 Å². The number of rotatable bonds is 5. The molecule has 3 rings (SSSR count). The van der Waals surface area contributed by atoms with Crippen LogP contribution in [0.1, 0.15) is 37.3 Å². The second-order valence-electron chi connectivity index (χ2n) is 6.59. The molecular formula is C21H24FN3O. The molecule has 1 aliphatic heterocycles. The first kappa shape index (κ1) is 18.1. The van der Waals surface area contributed by atoms with Crippen molar-refractivity contribution in [3.63, 3.8) is 0 Å². The number of amides is 1. The number of carbonyl (C=O) groups is 1. The standard InChI is InChI=1S/C21H24FN3O/c1-16(17-7-9-19(22)10-8-17)14-20(26)24-15-18-6-5-11-23-21(18)25-12-3-2-4-13-25/h5-11,14H,2-4,12-13,15H2,1H3,(H,24,26)/b16-14+. The summed E-state index contributed by atoms with van der Waals surface area (Å²) in [5.74, 6) is 0.514. The summed E-state index contributed by atoms with van der Waals surface area (Å²) in [5, 5.41) is 2.93. The number of halogens is 1. The Morgan fingerprint density at radius 3 is 2.65 bits per heavy atom. The van der Waals surface area contributed by atoms with Gasteiger partial charge in [-0.2, -0.15) is 0 Å². The minimum absolute atomic E-state index is 0.166. The highest BCUT2D eigenvalue weighted by Crippen LogP contribution is 2.21. The number of aromatic nitrogens is 1. The zero-order valence-electron chi connectivity index (χ0n) is 15.0. The quantitative estimate of drug-likeness (QED) is 0.829. The molecule has 2 heterocycles. The molecular weight excluding hydrogens is 329 g/mol. The highest BCUT2D eigenvalue weighted by Gasteiger charge is 2.15. The van der Waals surface area contributed by atoms with Crippen LogP contribution in [-0.4, -0.2) is 24.0 Å². The number of piperidine rings is 1. The van der Waals surface area contributed by atoms with E-state index >= 15 is 0 Å². The van der Waals surface area contributed by atoms with E-state index in [9.17, 15) is 9.18 Å². The van der Waals surface area contributed by atoms with Crippen molar-refractivity contribution in [2.75, 3.05) is 18.0 Å². The summed E-state index contributed by atoms with van der Waals surface area (Å²) in [6.45, 7) is 4.31. The first-order chi connectivity index (χ1) is 12.6. The Hall–Kier alpha value is -2.69. The molecule has 1 aromatic heterocycles. The zero-order valence-corrected chi connectivity index (χ0v) is 15.0. The van der Waals surface area contributed by atoms with Gasteiger partial charge in [-0.25, -0.2) is 9.37 Å². The number of nitrogens with one attached hydrogen (secondary N) is 1. The van der Waals surface area contributed by atoms with E-state index in [2.05, 4.69) is 15.2 Å². The number of carbonyl (C=O) groups excluding carboxylic acids is 1. The van der Waals surface area contributed by atoms with Crippen molar-refractivity contribution in [1.29, 1.82) is 0 Å². The van der Waals surface area contributed by atoms with E-state index in [0.29, 0.717) is 6.54 Å². The van der Waals surface area contributed by atoms with Gasteiger partial charge in [0.2, 0.25) is 5.91 Å². The fourth-order valence-corrected chi connectivity index (χ4v) is 3.18. The maximum atomic E-state index is 13.0. The van der Waals surface area contributed by atoms with Crippen LogP contribution in [0.3, 0.4) is 0 Å². The molecule has 1 N–H and O–H groups in total. The fourth-order valence-electron chi connectivity index (χ4n) is 3.18. The van der Waals surface area contributed by atoms with E-state index in [4.69, 9.17) is 0 Å². The molecule has 1 amide bonds. The first-order valence-electron chi connectivity index (χ1n) is 9.04. The van der Waals surface area contributed by atoms with E-state index in [0.717, 1.165) is 35.6 Å². The number of allylic oxidation sites excluding steroid dienone is 1. The maximum absolute atomic E-state index is 13.0. The molecule has 0 unspecified atom stereocenters. The summed E-state index contributed by atoms with van der Waals surface area (Å²) in [7, 11) is 0. The van der Waals surface area contributed by atoms with Gasteiger partial charge < -0.3 is 10.2 Å². The van der Waals surface area contributed by atoms with Crippen molar-refractivity contribution in [3.05, 3.63) is 65.6 Å². The smallest absolute Gasteiger partial charge is 0.244 e. The highest BCUT2D eigenvalue weighted by atomic mass is 19.1. The molecule has 5 heteroatoms. The summed E-state index contributed by atoms with van der Waals surface area (Å²) in [4.78, 5) is 19.1. The van der Waals surface area contributed by atoms with Gasteiger partial charge >= 0.3 is 0 Å². The van der Waals surface area contributed by atoms with Crippen molar-refractivity contribution in [1.82, 2.24) is 10.3 Å². The number of hydrogen-bond acceptors (Lipinski definition) is 3. The Kier molecular flexibility index (Phi) is 6.00. The average Bonchev–Trinajstić information content (AvgIpc) is 2.68. The lowest BCUT2D eigenvalue weighted by molar-refractivity contribution is -0.116. The van der Waals surface area contributed by atoms with Crippen LogP contribution in [0.5, 0.6) is 0 Å². The Morgan fingerprint density at radius 1 is 1.19 bits per heavy atom. The van der Waals surface area contributed by atoms with Gasteiger partial charge in [0.15, 0.2) is 0 Å². The Labute approximate surface area is 153 Å². The summed E-state index contributed by atoms with van der Waals surface area (Å²) >= 11 is 0. The van der Waals surface area contributed by atoms with Crippen LogP contribution in [0.25, 0.3) is 5.57 Å². The van der Waals surface area contributed by atoms with Gasteiger partial charge in [0.25, 0.3) is 0 Å². The minimum atomic E-state index is -0.284. The summed E-state index contributed by atoms with van der Waals surface area (Å²) < 4.78 is 13.0. The Balaban J connectivity index is 1.64. The summed E-state index contributed by atoms with van der Waals surface area (Å²) in [5.41, 5.74) is 2.65. The average molecular weight is 353 g/mol. The minimum Gasteiger partial charge on any atom is -0.356 e. The normalized spacial score (nSPS) is 15.0. The predicted molar refractivity (Wildman–Crippen MR) is 102 cm³/mol. The number of nitrogens with zero attached hydrogens (tertiary/aromatic N) is 2. The van der Waals surface area contributed by atoms with Crippen LogP contribution in [0, 0.1) is 5.82 Å². The van der Waals surface area contributed by atoms with E-state index in [-0.39, 0.29) is 11.7 Å². The molecule has 0 saturated carbocycles. The van der Waals surface area contributed by atoms with Gasteiger partial charge in [-0.05, 0) is 55.5 Å². The van der Waals surface area contributed by atoms with E-state index in [1.165, 1.54) is 31.4 Å². The molecule has 1 saturated heterocycles.